The Kier molecular flexibility index (Phi) is 7.10. The predicted molar refractivity (Wildman–Crippen MR) is 99.4 cm³/mol. The van der Waals surface area contributed by atoms with E-state index in [0.717, 1.165) is 17.0 Å². The van der Waals surface area contributed by atoms with Crippen molar-refractivity contribution >= 4 is 23.1 Å². The van der Waals surface area contributed by atoms with Crippen molar-refractivity contribution < 1.29 is 0 Å². The lowest BCUT2D eigenvalue weighted by Crippen LogP contribution is -1.98. The summed E-state index contributed by atoms with van der Waals surface area (Å²) in [4.78, 5) is 4.08. The van der Waals surface area contributed by atoms with Gasteiger partial charge in [0, 0.05) is 0 Å². The summed E-state index contributed by atoms with van der Waals surface area (Å²) in [5.74, 6) is 1.32. The van der Waals surface area contributed by atoms with Gasteiger partial charge in [-0.2, -0.15) is 10.2 Å². The van der Waals surface area contributed by atoms with E-state index in [1.807, 2.05) is 18.2 Å². The van der Waals surface area contributed by atoms with Gasteiger partial charge in [0.25, 0.3) is 0 Å². The molecule has 0 unspecified atom stereocenters. The SMILES string of the molecule is C.CC(C)c1ccc(N)nn1.CC(C)c1ccc2nc(Cl)cn2n1. The summed E-state index contributed by atoms with van der Waals surface area (Å²) < 4.78 is 1.71. The molecule has 0 atom stereocenters. The van der Waals surface area contributed by atoms with Crippen LogP contribution in [0.1, 0.15) is 58.3 Å². The maximum absolute atomic E-state index is 5.74. The maximum Gasteiger partial charge on any atom is 0.155 e. The fraction of sp³-hybridized carbons (Fsp3) is 0.412. The van der Waals surface area contributed by atoms with Gasteiger partial charge in [-0.05, 0) is 36.1 Å². The van der Waals surface area contributed by atoms with Gasteiger partial charge in [0.15, 0.2) is 5.65 Å². The lowest BCUT2D eigenvalue weighted by atomic mass is 10.1. The quantitative estimate of drug-likeness (QED) is 0.745. The van der Waals surface area contributed by atoms with Gasteiger partial charge < -0.3 is 5.73 Å². The molecule has 0 fully saturated rings. The first kappa shape index (κ1) is 19.8. The number of nitrogen functional groups attached to an aromatic ring is 1. The van der Waals surface area contributed by atoms with Crippen molar-refractivity contribution in [1.29, 1.82) is 0 Å². The second-order valence-electron chi connectivity index (χ2n) is 5.82. The molecule has 0 saturated heterocycles. The highest BCUT2D eigenvalue weighted by Crippen LogP contribution is 2.14. The molecule has 0 saturated carbocycles. The number of hydrogen-bond acceptors (Lipinski definition) is 5. The molecule has 6 nitrogen and oxygen atoms in total. The van der Waals surface area contributed by atoms with Crippen molar-refractivity contribution in [2.75, 3.05) is 5.73 Å². The second-order valence-corrected chi connectivity index (χ2v) is 6.20. The smallest absolute Gasteiger partial charge is 0.155 e. The molecular weight excluding hydrogens is 324 g/mol. The highest BCUT2D eigenvalue weighted by molar-refractivity contribution is 6.29. The first-order valence-electron chi connectivity index (χ1n) is 7.47. The topological polar surface area (TPSA) is 82.0 Å². The monoisotopic (exact) mass is 348 g/mol. The zero-order valence-electron chi connectivity index (χ0n) is 13.7. The van der Waals surface area contributed by atoms with Gasteiger partial charge in [0.2, 0.25) is 0 Å². The average Bonchev–Trinajstić information content (AvgIpc) is 2.87. The third-order valence-electron chi connectivity index (χ3n) is 3.20. The summed E-state index contributed by atoms with van der Waals surface area (Å²) in [7, 11) is 0. The Morgan fingerprint density at radius 3 is 2.12 bits per heavy atom. The van der Waals surface area contributed by atoms with E-state index < -0.39 is 0 Å². The van der Waals surface area contributed by atoms with E-state index in [4.69, 9.17) is 17.3 Å². The number of nitrogens with two attached hydrogens (primary N) is 1. The van der Waals surface area contributed by atoms with E-state index in [-0.39, 0.29) is 7.43 Å². The van der Waals surface area contributed by atoms with Gasteiger partial charge in [-0.3, -0.25) is 0 Å². The fourth-order valence-electron chi connectivity index (χ4n) is 1.84. The third kappa shape index (κ3) is 5.16. The molecular formula is C17H25ClN6. The van der Waals surface area contributed by atoms with Crippen LogP contribution in [0.25, 0.3) is 5.65 Å². The Balaban J connectivity index is 0.000000238. The number of rotatable bonds is 2. The van der Waals surface area contributed by atoms with Crippen molar-refractivity contribution in [3.8, 4) is 0 Å². The summed E-state index contributed by atoms with van der Waals surface area (Å²) in [5, 5.41) is 12.5. The largest absolute Gasteiger partial charge is 0.382 e. The number of halogens is 1. The number of nitrogens with zero attached hydrogens (tertiary/aromatic N) is 5. The number of fused-ring (bicyclic) bond motifs is 1. The summed E-state index contributed by atoms with van der Waals surface area (Å²) >= 11 is 5.74. The van der Waals surface area contributed by atoms with Crippen LogP contribution in [0, 0.1) is 0 Å². The number of imidazole rings is 1. The summed E-state index contributed by atoms with van der Waals surface area (Å²) in [5.41, 5.74) is 8.16. The summed E-state index contributed by atoms with van der Waals surface area (Å²) in [6.45, 7) is 8.35. The van der Waals surface area contributed by atoms with E-state index >= 15 is 0 Å². The first-order valence-corrected chi connectivity index (χ1v) is 7.85. The predicted octanol–water partition coefficient (Wildman–Crippen LogP) is 4.32. The standard InChI is InChI=1S/C9H10ClN3.C7H11N3.CH4/c1-6(2)7-3-4-9-11-8(10)5-13(9)12-7;1-5(2)6-3-4-7(8)10-9-6;/h3-6H,1-2H3;3-5H,1-2H3,(H2,8,10);1H4. The maximum atomic E-state index is 5.74. The van der Waals surface area contributed by atoms with Crippen molar-refractivity contribution in [3.05, 3.63) is 47.0 Å². The number of aromatic nitrogens is 5. The Bertz CT molecular complexity index is 764. The van der Waals surface area contributed by atoms with Crippen molar-refractivity contribution in [2.24, 2.45) is 0 Å². The molecule has 24 heavy (non-hydrogen) atoms. The van der Waals surface area contributed by atoms with Gasteiger partial charge >= 0.3 is 0 Å². The van der Waals surface area contributed by atoms with E-state index in [9.17, 15) is 0 Å². The van der Waals surface area contributed by atoms with Crippen LogP contribution in [-0.2, 0) is 0 Å². The molecule has 0 aliphatic carbocycles. The molecule has 3 rings (SSSR count). The molecule has 0 spiro atoms. The van der Waals surface area contributed by atoms with Crippen molar-refractivity contribution in [3.63, 3.8) is 0 Å². The molecule has 0 aromatic carbocycles. The zero-order chi connectivity index (χ0) is 17.0. The van der Waals surface area contributed by atoms with E-state index in [1.54, 1.807) is 16.8 Å². The molecule has 0 radical (unpaired) electrons. The fourth-order valence-corrected chi connectivity index (χ4v) is 2.02. The van der Waals surface area contributed by atoms with Gasteiger partial charge in [-0.25, -0.2) is 9.50 Å². The minimum Gasteiger partial charge on any atom is -0.382 e. The van der Waals surface area contributed by atoms with Crippen molar-refractivity contribution in [1.82, 2.24) is 24.8 Å². The Hall–Kier alpha value is -2.21. The minimum atomic E-state index is 0. The van der Waals surface area contributed by atoms with E-state index in [1.165, 1.54) is 0 Å². The first-order chi connectivity index (χ1) is 10.9. The van der Waals surface area contributed by atoms with Crippen LogP contribution in [0.2, 0.25) is 5.15 Å². The third-order valence-corrected chi connectivity index (χ3v) is 3.38. The van der Waals surface area contributed by atoms with Crippen LogP contribution in [0.15, 0.2) is 30.5 Å². The van der Waals surface area contributed by atoms with Crippen LogP contribution in [0.5, 0.6) is 0 Å². The van der Waals surface area contributed by atoms with Crippen LogP contribution in [-0.4, -0.2) is 24.8 Å². The Morgan fingerprint density at radius 1 is 0.958 bits per heavy atom. The van der Waals surface area contributed by atoms with E-state index in [2.05, 4.69) is 48.0 Å². The highest BCUT2D eigenvalue weighted by atomic mass is 35.5. The Morgan fingerprint density at radius 2 is 1.58 bits per heavy atom. The van der Waals surface area contributed by atoms with Gasteiger partial charge in [-0.1, -0.05) is 46.7 Å². The van der Waals surface area contributed by atoms with Crippen LogP contribution in [0.4, 0.5) is 5.82 Å². The van der Waals surface area contributed by atoms with Gasteiger partial charge in [0.1, 0.15) is 11.0 Å². The summed E-state index contributed by atoms with van der Waals surface area (Å²) in [6, 6.07) is 7.56. The molecule has 2 N–H and O–H groups in total. The average molecular weight is 349 g/mol. The lowest BCUT2D eigenvalue weighted by Gasteiger charge is -2.02. The second kappa shape index (κ2) is 8.59. The van der Waals surface area contributed by atoms with Gasteiger partial charge in [-0.15, -0.1) is 5.10 Å². The zero-order valence-corrected chi connectivity index (χ0v) is 14.5. The summed E-state index contributed by atoms with van der Waals surface area (Å²) in [6.07, 6.45) is 1.71. The molecule has 0 aliphatic rings. The molecule has 130 valence electrons. The normalized spacial score (nSPS) is 10.5. The molecule has 3 heterocycles. The van der Waals surface area contributed by atoms with Crippen LogP contribution >= 0.6 is 11.6 Å². The number of hydrogen-bond donors (Lipinski definition) is 1. The lowest BCUT2D eigenvalue weighted by molar-refractivity contribution is 0.764. The molecule has 3 aromatic rings. The molecule has 7 heteroatoms. The Labute approximate surface area is 148 Å². The van der Waals surface area contributed by atoms with Crippen LogP contribution < -0.4 is 5.73 Å². The highest BCUT2D eigenvalue weighted by Gasteiger charge is 2.04. The molecule has 3 aromatic heterocycles. The molecule has 0 bridgehead atoms. The molecule has 0 amide bonds. The minimum absolute atomic E-state index is 0. The number of anilines is 1. The van der Waals surface area contributed by atoms with Crippen molar-refractivity contribution in [2.45, 2.75) is 47.0 Å². The molecule has 0 aliphatic heterocycles. The van der Waals surface area contributed by atoms with Crippen LogP contribution in [0.3, 0.4) is 0 Å². The van der Waals surface area contributed by atoms with E-state index in [0.29, 0.717) is 22.8 Å². The van der Waals surface area contributed by atoms with Gasteiger partial charge in [0.05, 0.1) is 17.6 Å².